The molecule has 0 spiro atoms. The Balaban J connectivity index is 1.52. The summed E-state index contributed by atoms with van der Waals surface area (Å²) in [4.78, 5) is 4.62. The number of hydrogen-bond donors (Lipinski definition) is 1. The van der Waals surface area contributed by atoms with Crippen LogP contribution in [0.4, 0.5) is 5.69 Å². The summed E-state index contributed by atoms with van der Waals surface area (Å²) >= 11 is 12.0. The first kappa shape index (κ1) is 23.8. The van der Waals surface area contributed by atoms with Gasteiger partial charge in [0.15, 0.2) is 5.11 Å². The van der Waals surface area contributed by atoms with Crippen molar-refractivity contribution in [3.63, 3.8) is 0 Å². The molecule has 1 unspecified atom stereocenters. The topological polar surface area (TPSA) is 50.1 Å². The number of benzene rings is 2. The highest BCUT2D eigenvalue weighted by atomic mass is 35.5. The predicted octanol–water partition coefficient (Wildman–Crippen LogP) is 5.58. The first-order chi connectivity index (χ1) is 16.0. The van der Waals surface area contributed by atoms with Gasteiger partial charge in [-0.25, -0.2) is 0 Å². The Labute approximate surface area is 205 Å². The third kappa shape index (κ3) is 5.98. The lowest BCUT2D eigenvalue weighted by Crippen LogP contribution is -2.41. The van der Waals surface area contributed by atoms with E-state index in [-0.39, 0.29) is 6.04 Å². The molecule has 4 rings (SSSR count). The van der Waals surface area contributed by atoms with Crippen LogP contribution in [0.25, 0.3) is 11.0 Å². The van der Waals surface area contributed by atoms with E-state index >= 15 is 0 Å². The molecular weight excluding hydrogens is 458 g/mol. The number of rotatable bonds is 8. The molecule has 1 N–H and O–H groups in total. The molecule has 1 aromatic heterocycles. The zero-order valence-corrected chi connectivity index (χ0v) is 20.6. The Morgan fingerprint density at radius 2 is 2.00 bits per heavy atom. The summed E-state index contributed by atoms with van der Waals surface area (Å²) < 4.78 is 17.1. The van der Waals surface area contributed by atoms with E-state index in [1.54, 1.807) is 13.2 Å². The number of methoxy groups -OCH3 is 1. The minimum Gasteiger partial charge on any atom is -0.495 e. The second-order valence-electron chi connectivity index (χ2n) is 8.14. The Bertz CT molecular complexity index is 1050. The van der Waals surface area contributed by atoms with Gasteiger partial charge in [-0.1, -0.05) is 29.8 Å². The van der Waals surface area contributed by atoms with Crippen LogP contribution < -0.4 is 10.1 Å². The summed E-state index contributed by atoms with van der Waals surface area (Å²) in [6, 6.07) is 15.6. The van der Waals surface area contributed by atoms with E-state index < -0.39 is 0 Å². The van der Waals surface area contributed by atoms with Crippen LogP contribution in [0.2, 0.25) is 5.02 Å². The second-order valence-corrected chi connectivity index (χ2v) is 8.96. The summed E-state index contributed by atoms with van der Waals surface area (Å²) in [5.74, 6) is 1.53. The maximum absolute atomic E-state index is 6.17. The number of hydrogen-bond acceptors (Lipinski definition) is 5. The summed E-state index contributed by atoms with van der Waals surface area (Å²) in [5, 5.41) is 5.68. The molecule has 6 nitrogen and oxygen atoms in total. The summed E-state index contributed by atoms with van der Waals surface area (Å²) in [7, 11) is 1.62. The number of fused-ring (bicyclic) bond motifs is 1. The molecule has 2 heterocycles. The van der Waals surface area contributed by atoms with Crippen LogP contribution in [0.5, 0.6) is 5.75 Å². The third-order valence-electron chi connectivity index (χ3n) is 5.97. The fourth-order valence-electron chi connectivity index (χ4n) is 4.08. The van der Waals surface area contributed by atoms with Crippen LogP contribution in [-0.4, -0.2) is 61.4 Å². The van der Waals surface area contributed by atoms with Crippen LogP contribution in [0.3, 0.4) is 0 Å². The van der Waals surface area contributed by atoms with Gasteiger partial charge in [-0.05, 0) is 49.8 Å². The molecule has 0 amide bonds. The first-order valence-corrected chi connectivity index (χ1v) is 12.0. The maximum atomic E-state index is 6.17. The average molecular weight is 488 g/mol. The molecule has 3 aromatic rings. The van der Waals surface area contributed by atoms with E-state index in [4.69, 9.17) is 37.7 Å². The van der Waals surface area contributed by atoms with Crippen molar-refractivity contribution < 1.29 is 13.9 Å². The largest absolute Gasteiger partial charge is 0.495 e. The lowest BCUT2D eigenvalue weighted by molar-refractivity contribution is 0.0365. The molecule has 176 valence electrons. The Kier molecular flexibility index (Phi) is 8.09. The van der Waals surface area contributed by atoms with Crippen molar-refractivity contribution in [2.24, 2.45) is 0 Å². The molecule has 0 aliphatic carbocycles. The maximum Gasteiger partial charge on any atom is 0.174 e. The van der Waals surface area contributed by atoms with Crippen molar-refractivity contribution in [3.8, 4) is 5.75 Å². The van der Waals surface area contributed by atoms with Crippen LogP contribution in [0.15, 0.2) is 52.9 Å². The van der Waals surface area contributed by atoms with Gasteiger partial charge in [-0.3, -0.25) is 4.90 Å². The monoisotopic (exact) mass is 487 g/mol. The second kappa shape index (κ2) is 11.2. The lowest BCUT2D eigenvalue weighted by atomic mass is 10.2. The molecule has 1 atom stereocenters. The fourth-order valence-corrected chi connectivity index (χ4v) is 4.60. The van der Waals surface area contributed by atoms with Gasteiger partial charge < -0.3 is 24.1 Å². The molecular formula is C25H30ClN3O3S. The molecule has 1 fully saturated rings. The third-order valence-corrected chi connectivity index (χ3v) is 6.54. The van der Waals surface area contributed by atoms with E-state index in [1.165, 1.54) is 0 Å². The molecule has 8 heteroatoms. The highest BCUT2D eigenvalue weighted by molar-refractivity contribution is 7.80. The average Bonchev–Trinajstić information content (AvgIpc) is 3.27. The normalized spacial score (nSPS) is 15.4. The highest BCUT2D eigenvalue weighted by Crippen LogP contribution is 2.31. The fraction of sp³-hybridized carbons (Fsp3) is 0.400. The number of nitrogens with one attached hydrogen (secondary N) is 1. The molecule has 0 radical (unpaired) electrons. The number of morpholine rings is 1. The van der Waals surface area contributed by atoms with Crippen molar-refractivity contribution in [2.45, 2.75) is 19.4 Å². The van der Waals surface area contributed by atoms with Crippen LogP contribution >= 0.6 is 23.8 Å². The van der Waals surface area contributed by atoms with Gasteiger partial charge in [0.2, 0.25) is 0 Å². The van der Waals surface area contributed by atoms with E-state index in [2.05, 4.69) is 34.2 Å². The first-order valence-electron chi connectivity index (χ1n) is 11.2. The van der Waals surface area contributed by atoms with Gasteiger partial charge in [0.1, 0.15) is 17.1 Å². The van der Waals surface area contributed by atoms with Crippen molar-refractivity contribution in [2.75, 3.05) is 51.8 Å². The molecule has 33 heavy (non-hydrogen) atoms. The van der Waals surface area contributed by atoms with E-state index in [0.29, 0.717) is 15.9 Å². The van der Waals surface area contributed by atoms with Crippen molar-refractivity contribution in [1.82, 2.24) is 9.80 Å². The summed E-state index contributed by atoms with van der Waals surface area (Å²) in [6.45, 7) is 7.47. The standard InChI is InChI=1S/C25H30ClN3O3S/c1-18(23-16-19-6-3-4-7-22(19)32-23)29(11-5-10-28-12-14-31-15-13-28)25(33)27-21-9-8-20(26)17-24(21)30-2/h3-4,6-9,16-18H,5,10-15H2,1-2H3,(H,27,33). The molecule has 1 aliphatic rings. The van der Waals surface area contributed by atoms with Crippen molar-refractivity contribution in [3.05, 3.63) is 59.3 Å². The van der Waals surface area contributed by atoms with Crippen LogP contribution in [0.1, 0.15) is 25.1 Å². The Hall–Kier alpha value is -2.32. The molecule has 2 aromatic carbocycles. The lowest BCUT2D eigenvalue weighted by Gasteiger charge is -2.32. The summed E-state index contributed by atoms with van der Waals surface area (Å²) in [6.07, 6.45) is 0.976. The van der Waals surface area contributed by atoms with Gasteiger partial charge >= 0.3 is 0 Å². The predicted molar refractivity (Wildman–Crippen MR) is 137 cm³/mol. The minimum absolute atomic E-state index is 0.0413. The van der Waals surface area contributed by atoms with Gasteiger partial charge in [0, 0.05) is 42.7 Å². The Morgan fingerprint density at radius 1 is 1.21 bits per heavy atom. The minimum atomic E-state index is -0.0413. The van der Waals surface area contributed by atoms with E-state index in [9.17, 15) is 0 Å². The zero-order valence-electron chi connectivity index (χ0n) is 19.1. The van der Waals surface area contributed by atoms with Crippen LogP contribution in [0, 0.1) is 0 Å². The highest BCUT2D eigenvalue weighted by Gasteiger charge is 2.23. The van der Waals surface area contributed by atoms with Gasteiger partial charge in [0.05, 0.1) is 32.1 Å². The molecule has 1 aliphatic heterocycles. The van der Waals surface area contributed by atoms with Crippen molar-refractivity contribution in [1.29, 1.82) is 0 Å². The smallest absolute Gasteiger partial charge is 0.174 e. The number of anilines is 1. The van der Waals surface area contributed by atoms with Crippen LogP contribution in [-0.2, 0) is 4.74 Å². The number of halogens is 1. The molecule has 1 saturated heterocycles. The number of para-hydroxylation sites is 1. The molecule has 0 bridgehead atoms. The van der Waals surface area contributed by atoms with Gasteiger partial charge in [-0.15, -0.1) is 0 Å². The number of thiocarbonyl (C=S) groups is 1. The van der Waals surface area contributed by atoms with Gasteiger partial charge in [0.25, 0.3) is 0 Å². The zero-order chi connectivity index (χ0) is 23.2. The Morgan fingerprint density at radius 3 is 2.76 bits per heavy atom. The van der Waals surface area contributed by atoms with E-state index in [1.807, 2.05) is 30.3 Å². The number of ether oxygens (including phenoxy) is 2. The van der Waals surface area contributed by atoms with Crippen molar-refractivity contribution >= 4 is 45.6 Å². The summed E-state index contributed by atoms with van der Waals surface area (Å²) in [5.41, 5.74) is 1.66. The molecule has 0 saturated carbocycles. The van der Waals surface area contributed by atoms with E-state index in [0.717, 1.165) is 68.2 Å². The number of furan rings is 1. The number of nitrogens with zero attached hydrogens (tertiary/aromatic N) is 2. The van der Waals surface area contributed by atoms with Gasteiger partial charge in [-0.2, -0.15) is 0 Å². The SMILES string of the molecule is COc1cc(Cl)ccc1NC(=S)N(CCCN1CCOCC1)C(C)c1cc2ccccc2o1. The quantitative estimate of drug-likeness (QED) is 0.416.